The number of nitrogens with zero attached hydrogens (tertiary/aromatic N) is 2. The van der Waals surface area contributed by atoms with E-state index < -0.39 is 0 Å². The molecule has 0 fully saturated rings. The molecule has 0 aliphatic rings. The minimum atomic E-state index is 0.0118. The normalized spacial score (nSPS) is 13.4. The minimum absolute atomic E-state index is 0.0118. The summed E-state index contributed by atoms with van der Waals surface area (Å²) in [4.78, 5) is 1.29. The Labute approximate surface area is 166 Å². The molecule has 4 aromatic rings. The summed E-state index contributed by atoms with van der Waals surface area (Å²) < 4.78 is 5.93. The van der Waals surface area contributed by atoms with Gasteiger partial charge < -0.3 is 9.73 Å². The van der Waals surface area contributed by atoms with Crippen LogP contribution in [0, 0.1) is 0 Å². The second kappa shape index (κ2) is 8.05. The maximum absolute atomic E-state index is 6.06. The van der Waals surface area contributed by atoms with E-state index in [4.69, 9.17) is 16.0 Å². The maximum atomic E-state index is 6.06. The third-order valence-electron chi connectivity index (χ3n) is 4.39. The molecular formula is C21H19ClN3OS+. The Morgan fingerprint density at radius 3 is 2.59 bits per heavy atom. The fourth-order valence-electron chi connectivity index (χ4n) is 3.03. The first-order valence-electron chi connectivity index (χ1n) is 8.73. The van der Waals surface area contributed by atoms with Gasteiger partial charge in [0.25, 0.3) is 5.89 Å². The molecule has 0 radical (unpaired) electrons. The summed E-state index contributed by atoms with van der Waals surface area (Å²) in [6.45, 7) is 2.08. The van der Waals surface area contributed by atoms with E-state index in [9.17, 15) is 0 Å². The van der Waals surface area contributed by atoms with Gasteiger partial charge in [-0.2, -0.15) is 0 Å². The average molecular weight is 397 g/mol. The quantitative estimate of drug-likeness (QED) is 0.506. The van der Waals surface area contributed by atoms with E-state index in [0.717, 1.165) is 5.56 Å². The van der Waals surface area contributed by atoms with Crippen molar-refractivity contribution >= 4 is 22.9 Å². The fourth-order valence-corrected chi connectivity index (χ4v) is 4.05. The lowest BCUT2D eigenvalue weighted by Crippen LogP contribution is -2.85. The molecule has 0 bridgehead atoms. The zero-order valence-electron chi connectivity index (χ0n) is 14.7. The highest BCUT2D eigenvalue weighted by molar-refractivity contribution is 7.10. The number of aromatic nitrogens is 2. The van der Waals surface area contributed by atoms with Crippen LogP contribution in [-0.2, 0) is 0 Å². The van der Waals surface area contributed by atoms with Crippen LogP contribution in [0.1, 0.15) is 35.3 Å². The van der Waals surface area contributed by atoms with Gasteiger partial charge in [0.05, 0.1) is 4.88 Å². The summed E-state index contributed by atoms with van der Waals surface area (Å²) in [6.07, 6.45) is 0. The third kappa shape index (κ3) is 4.11. The van der Waals surface area contributed by atoms with Gasteiger partial charge in [-0.3, -0.25) is 0 Å². The molecule has 0 amide bonds. The predicted octanol–water partition coefficient (Wildman–Crippen LogP) is 4.87. The van der Waals surface area contributed by atoms with E-state index >= 15 is 0 Å². The molecular weight excluding hydrogens is 378 g/mol. The molecule has 0 spiro atoms. The van der Waals surface area contributed by atoms with Crippen LogP contribution in [0.4, 0.5) is 0 Å². The van der Waals surface area contributed by atoms with Gasteiger partial charge in [0.1, 0.15) is 6.04 Å². The first-order valence-corrected chi connectivity index (χ1v) is 9.99. The van der Waals surface area contributed by atoms with Gasteiger partial charge in [-0.25, -0.2) is 0 Å². The van der Waals surface area contributed by atoms with Gasteiger partial charge in [-0.1, -0.05) is 54.1 Å². The summed E-state index contributed by atoms with van der Waals surface area (Å²) in [6, 6.07) is 22.4. The Bertz CT molecular complexity index is 1000. The van der Waals surface area contributed by atoms with Crippen molar-refractivity contribution in [2.24, 2.45) is 0 Å². The van der Waals surface area contributed by atoms with Crippen LogP contribution >= 0.6 is 22.9 Å². The van der Waals surface area contributed by atoms with Crippen LogP contribution < -0.4 is 5.32 Å². The van der Waals surface area contributed by atoms with Gasteiger partial charge >= 0.3 is 0 Å². The Hall–Kier alpha value is -2.47. The number of benzene rings is 2. The summed E-state index contributed by atoms with van der Waals surface area (Å²) in [5.74, 6) is 1.09. The molecule has 136 valence electrons. The van der Waals surface area contributed by atoms with Crippen LogP contribution in [0.5, 0.6) is 0 Å². The number of hydrogen-bond donors (Lipinski definition) is 1. The van der Waals surface area contributed by atoms with Crippen LogP contribution in [-0.4, -0.2) is 10.2 Å². The smallest absolute Gasteiger partial charge is 0.274 e. The highest BCUT2D eigenvalue weighted by Gasteiger charge is 2.25. The Balaban J connectivity index is 1.58. The van der Waals surface area contributed by atoms with Gasteiger partial charge in [0, 0.05) is 16.1 Å². The van der Waals surface area contributed by atoms with Crippen molar-refractivity contribution in [3.05, 3.63) is 93.5 Å². The van der Waals surface area contributed by atoms with Crippen LogP contribution in [0.2, 0.25) is 5.02 Å². The second-order valence-electron chi connectivity index (χ2n) is 6.34. The fraction of sp³-hybridized carbons (Fsp3) is 0.143. The molecule has 0 saturated heterocycles. The Morgan fingerprint density at radius 2 is 1.85 bits per heavy atom. The molecule has 6 heteroatoms. The number of thiophene rings is 1. The molecule has 2 N–H and O–H groups in total. The summed E-state index contributed by atoms with van der Waals surface area (Å²) >= 11 is 7.82. The first kappa shape index (κ1) is 17.9. The van der Waals surface area contributed by atoms with E-state index in [1.165, 1.54) is 10.4 Å². The van der Waals surface area contributed by atoms with Crippen LogP contribution in [0.15, 0.2) is 76.5 Å². The maximum Gasteiger partial charge on any atom is 0.274 e. The molecule has 2 aromatic carbocycles. The number of quaternary nitrogens is 1. The molecule has 2 heterocycles. The highest BCUT2D eigenvalue weighted by atomic mass is 35.5. The Morgan fingerprint density at radius 1 is 1.00 bits per heavy atom. The lowest BCUT2D eigenvalue weighted by molar-refractivity contribution is -0.725. The van der Waals surface area contributed by atoms with Crippen molar-refractivity contribution in [1.82, 2.24) is 10.2 Å². The molecule has 4 rings (SSSR count). The molecule has 27 heavy (non-hydrogen) atoms. The van der Waals surface area contributed by atoms with Crippen LogP contribution in [0.25, 0.3) is 11.5 Å². The molecule has 4 nitrogen and oxygen atoms in total. The van der Waals surface area contributed by atoms with E-state index in [-0.39, 0.29) is 12.1 Å². The van der Waals surface area contributed by atoms with Crippen molar-refractivity contribution in [3.63, 3.8) is 0 Å². The average Bonchev–Trinajstić information content (AvgIpc) is 3.39. The molecule has 0 aliphatic carbocycles. The number of rotatable bonds is 6. The SMILES string of the molecule is C[C@H]([NH2+][C@H](c1ccccc1)c1cccs1)c1nnc(-c2cccc(Cl)c2)o1. The second-order valence-corrected chi connectivity index (χ2v) is 7.76. The van der Waals surface area contributed by atoms with E-state index in [1.807, 2.05) is 30.3 Å². The molecule has 0 saturated carbocycles. The summed E-state index contributed by atoms with van der Waals surface area (Å²) in [7, 11) is 0. The standard InChI is InChI=1S/C21H18ClN3OS/c1-14(20-24-25-21(26-20)16-9-5-10-17(22)13-16)23-19(18-11-6-12-27-18)15-7-3-2-4-8-15/h2-14,19,23H,1H3/p+1/t14-,19+/m0/s1. The number of halogens is 1. The van der Waals surface area contributed by atoms with Gasteiger partial charge in [-0.15, -0.1) is 21.5 Å². The number of hydrogen-bond acceptors (Lipinski definition) is 4. The van der Waals surface area contributed by atoms with Gasteiger partial charge in [0.2, 0.25) is 5.89 Å². The lowest BCUT2D eigenvalue weighted by Gasteiger charge is -2.17. The van der Waals surface area contributed by atoms with E-state index in [2.05, 4.69) is 64.2 Å². The monoisotopic (exact) mass is 396 g/mol. The van der Waals surface area contributed by atoms with Crippen molar-refractivity contribution in [1.29, 1.82) is 0 Å². The summed E-state index contributed by atoms with van der Waals surface area (Å²) in [5.41, 5.74) is 2.08. The van der Waals surface area contributed by atoms with Crippen molar-refractivity contribution < 1.29 is 9.73 Å². The van der Waals surface area contributed by atoms with Crippen molar-refractivity contribution in [2.45, 2.75) is 19.0 Å². The van der Waals surface area contributed by atoms with Crippen molar-refractivity contribution in [2.75, 3.05) is 0 Å². The minimum Gasteiger partial charge on any atom is -0.415 e. The number of nitrogens with two attached hydrogens (primary N) is 1. The largest absolute Gasteiger partial charge is 0.415 e. The van der Waals surface area contributed by atoms with E-state index in [0.29, 0.717) is 16.8 Å². The molecule has 2 atom stereocenters. The zero-order chi connectivity index (χ0) is 18.6. The predicted molar refractivity (Wildman–Crippen MR) is 108 cm³/mol. The summed E-state index contributed by atoms with van der Waals surface area (Å²) in [5, 5.41) is 13.5. The first-order chi connectivity index (χ1) is 13.2. The molecule has 0 aliphatic heterocycles. The molecule has 0 unspecified atom stereocenters. The van der Waals surface area contributed by atoms with Gasteiger partial charge in [0.15, 0.2) is 6.04 Å². The van der Waals surface area contributed by atoms with E-state index in [1.54, 1.807) is 11.3 Å². The highest BCUT2D eigenvalue weighted by Crippen LogP contribution is 2.25. The molecule has 2 aromatic heterocycles. The third-order valence-corrected chi connectivity index (χ3v) is 5.58. The van der Waals surface area contributed by atoms with Gasteiger partial charge in [-0.05, 0) is 36.6 Å². The topological polar surface area (TPSA) is 55.5 Å². The van der Waals surface area contributed by atoms with Crippen molar-refractivity contribution in [3.8, 4) is 11.5 Å². The Kier molecular flexibility index (Phi) is 5.34. The lowest BCUT2D eigenvalue weighted by atomic mass is 10.0. The van der Waals surface area contributed by atoms with Crippen LogP contribution in [0.3, 0.4) is 0 Å². The zero-order valence-corrected chi connectivity index (χ0v) is 16.3.